The first-order chi connectivity index (χ1) is 12.4. The molecule has 6 nitrogen and oxygen atoms in total. The van der Waals surface area contributed by atoms with Crippen molar-refractivity contribution < 1.29 is 0 Å². The molecule has 5 aromatic rings. The number of nitrogens with zero attached hydrogens (tertiary/aromatic N) is 4. The van der Waals surface area contributed by atoms with Crippen LogP contribution in [-0.2, 0) is 0 Å². The van der Waals surface area contributed by atoms with Gasteiger partial charge in [-0.25, -0.2) is 9.67 Å². The van der Waals surface area contributed by atoms with Crippen molar-refractivity contribution in [1.29, 1.82) is 0 Å². The van der Waals surface area contributed by atoms with Gasteiger partial charge in [0.05, 0.1) is 29.3 Å². The Labute approximate surface area is 143 Å². The molecule has 5 rings (SSSR count). The highest BCUT2D eigenvalue weighted by atomic mass is 15.3. The molecule has 0 amide bonds. The first kappa shape index (κ1) is 13.7. The Hall–Kier alpha value is -3.67. The number of aromatic nitrogens is 6. The molecule has 0 saturated carbocycles. The number of H-pyrrole nitrogens is 2. The van der Waals surface area contributed by atoms with E-state index in [0.717, 1.165) is 39.5 Å². The molecule has 25 heavy (non-hydrogen) atoms. The van der Waals surface area contributed by atoms with Crippen molar-refractivity contribution in [2.45, 2.75) is 0 Å². The number of hydrogen-bond acceptors (Lipinski definition) is 3. The molecule has 2 aromatic carbocycles. The van der Waals surface area contributed by atoms with E-state index in [0.29, 0.717) is 0 Å². The van der Waals surface area contributed by atoms with E-state index in [1.165, 1.54) is 0 Å². The highest BCUT2D eigenvalue weighted by molar-refractivity contribution is 5.82. The monoisotopic (exact) mass is 326 g/mol. The summed E-state index contributed by atoms with van der Waals surface area (Å²) in [5.41, 5.74) is 5.60. The molecule has 0 spiro atoms. The lowest BCUT2D eigenvalue weighted by atomic mass is 10.1. The average Bonchev–Trinajstić information content (AvgIpc) is 3.38. The molecule has 0 fully saturated rings. The zero-order valence-corrected chi connectivity index (χ0v) is 13.2. The molecule has 0 aliphatic rings. The Kier molecular flexibility index (Phi) is 3.00. The molecule has 0 aliphatic carbocycles. The fraction of sp³-hybridized carbons (Fsp3) is 0. The maximum Gasteiger partial charge on any atom is 0.181 e. The van der Waals surface area contributed by atoms with E-state index in [9.17, 15) is 0 Å². The van der Waals surface area contributed by atoms with Gasteiger partial charge in [-0.1, -0.05) is 48.5 Å². The van der Waals surface area contributed by atoms with Crippen LogP contribution in [0.4, 0.5) is 0 Å². The number of rotatable bonds is 3. The number of fused-ring (bicyclic) bond motifs is 1. The van der Waals surface area contributed by atoms with Gasteiger partial charge in [0, 0.05) is 5.56 Å². The predicted octanol–water partition coefficient (Wildman–Crippen LogP) is 3.81. The maximum absolute atomic E-state index is 4.76. The number of nitrogens with one attached hydrogen (secondary N) is 2. The van der Waals surface area contributed by atoms with Crippen LogP contribution in [0.15, 0.2) is 73.1 Å². The Bertz CT molecular complexity index is 1130. The van der Waals surface area contributed by atoms with E-state index in [2.05, 4.69) is 20.3 Å². The molecule has 0 bridgehead atoms. The summed E-state index contributed by atoms with van der Waals surface area (Å²) in [6, 6.07) is 20.1. The third-order valence-electron chi connectivity index (χ3n) is 4.17. The summed E-state index contributed by atoms with van der Waals surface area (Å²) in [6.45, 7) is 0. The fourth-order valence-corrected chi connectivity index (χ4v) is 2.98. The highest BCUT2D eigenvalue weighted by Gasteiger charge is 2.16. The minimum absolute atomic E-state index is 0.768. The fourth-order valence-electron chi connectivity index (χ4n) is 2.98. The second-order valence-corrected chi connectivity index (χ2v) is 5.74. The van der Waals surface area contributed by atoms with Gasteiger partial charge in [0.15, 0.2) is 5.65 Å². The summed E-state index contributed by atoms with van der Waals surface area (Å²) in [5, 5.41) is 11.7. The number of benzene rings is 2. The highest BCUT2D eigenvalue weighted by Crippen LogP contribution is 2.29. The van der Waals surface area contributed by atoms with Crippen molar-refractivity contribution in [2.24, 2.45) is 0 Å². The van der Waals surface area contributed by atoms with Gasteiger partial charge < -0.3 is 4.98 Å². The van der Waals surface area contributed by atoms with Crippen LogP contribution in [-0.4, -0.2) is 29.9 Å². The van der Waals surface area contributed by atoms with Crippen LogP contribution in [0.5, 0.6) is 0 Å². The van der Waals surface area contributed by atoms with Crippen molar-refractivity contribution >= 4 is 11.2 Å². The summed E-state index contributed by atoms with van der Waals surface area (Å²) >= 11 is 0. The van der Waals surface area contributed by atoms with Crippen molar-refractivity contribution in [3.05, 3.63) is 73.1 Å². The zero-order valence-electron chi connectivity index (χ0n) is 13.2. The van der Waals surface area contributed by atoms with Crippen LogP contribution >= 0.6 is 0 Å². The Morgan fingerprint density at radius 3 is 2.40 bits per heavy atom. The molecular weight excluding hydrogens is 312 g/mol. The molecule has 3 heterocycles. The van der Waals surface area contributed by atoms with Crippen LogP contribution in [0.3, 0.4) is 0 Å². The molecule has 0 atom stereocenters. The molecule has 0 unspecified atom stereocenters. The second-order valence-electron chi connectivity index (χ2n) is 5.74. The third-order valence-corrected chi connectivity index (χ3v) is 4.17. The van der Waals surface area contributed by atoms with E-state index in [1.807, 2.05) is 65.3 Å². The summed E-state index contributed by atoms with van der Waals surface area (Å²) in [7, 11) is 0. The van der Waals surface area contributed by atoms with Crippen molar-refractivity contribution in [2.75, 3.05) is 0 Å². The van der Waals surface area contributed by atoms with Gasteiger partial charge >= 0.3 is 0 Å². The topological polar surface area (TPSA) is 75.2 Å². The van der Waals surface area contributed by atoms with Gasteiger partial charge in [-0.3, -0.25) is 5.10 Å². The largest absolute Gasteiger partial charge is 0.335 e. The molecule has 0 radical (unpaired) electrons. The minimum Gasteiger partial charge on any atom is -0.335 e. The number of hydrogen-bond donors (Lipinski definition) is 2. The van der Waals surface area contributed by atoms with Gasteiger partial charge in [-0.05, 0) is 12.1 Å². The lowest BCUT2D eigenvalue weighted by Crippen LogP contribution is -1.96. The Morgan fingerprint density at radius 1 is 0.840 bits per heavy atom. The molecule has 0 saturated heterocycles. The van der Waals surface area contributed by atoms with Gasteiger partial charge in [0.2, 0.25) is 0 Å². The van der Waals surface area contributed by atoms with E-state index < -0.39 is 0 Å². The Morgan fingerprint density at radius 2 is 1.60 bits per heavy atom. The smallest absolute Gasteiger partial charge is 0.181 e. The summed E-state index contributed by atoms with van der Waals surface area (Å²) in [6.07, 6.45) is 3.58. The lowest BCUT2D eigenvalue weighted by Gasteiger charge is -2.01. The van der Waals surface area contributed by atoms with Crippen LogP contribution in [0.25, 0.3) is 39.5 Å². The van der Waals surface area contributed by atoms with E-state index >= 15 is 0 Å². The Balaban J connectivity index is 1.64. The molecule has 0 aliphatic heterocycles. The first-order valence-corrected chi connectivity index (χ1v) is 7.98. The summed E-state index contributed by atoms with van der Waals surface area (Å²) in [5.74, 6) is 0.768. The summed E-state index contributed by atoms with van der Waals surface area (Å²) in [4.78, 5) is 8.11. The van der Waals surface area contributed by atoms with Crippen molar-refractivity contribution in [1.82, 2.24) is 29.9 Å². The van der Waals surface area contributed by atoms with Crippen LogP contribution in [0.1, 0.15) is 0 Å². The second kappa shape index (κ2) is 5.45. The normalized spacial score (nSPS) is 11.2. The molecular formula is C19H14N6. The number of aromatic amines is 2. The van der Waals surface area contributed by atoms with Gasteiger partial charge in [-0.15, -0.1) is 0 Å². The van der Waals surface area contributed by atoms with Crippen molar-refractivity contribution in [3.63, 3.8) is 0 Å². The zero-order chi connectivity index (χ0) is 16.6. The van der Waals surface area contributed by atoms with E-state index in [-0.39, 0.29) is 0 Å². The van der Waals surface area contributed by atoms with Crippen molar-refractivity contribution in [3.8, 4) is 28.3 Å². The third kappa shape index (κ3) is 2.23. The van der Waals surface area contributed by atoms with E-state index in [4.69, 9.17) is 4.98 Å². The van der Waals surface area contributed by atoms with Gasteiger partial charge in [-0.2, -0.15) is 10.2 Å². The quantitative estimate of drug-likeness (QED) is 0.529. The number of para-hydroxylation sites is 1. The number of imidazole rings is 1. The lowest BCUT2D eigenvalue weighted by molar-refractivity contribution is 0.897. The standard InChI is InChI=1S/C19H14N6/c1-3-7-13(8-4-1)17-15(11-20-24-17)18-22-16-12-21-25(19(16)23-18)14-9-5-2-6-10-14/h1-12H,(H,20,24)(H,22,23). The molecule has 3 aromatic heterocycles. The van der Waals surface area contributed by atoms with Crippen LogP contribution < -0.4 is 0 Å². The minimum atomic E-state index is 0.768. The summed E-state index contributed by atoms with van der Waals surface area (Å²) < 4.78 is 1.83. The molecule has 2 N–H and O–H groups in total. The van der Waals surface area contributed by atoms with E-state index in [1.54, 1.807) is 12.4 Å². The van der Waals surface area contributed by atoms with Gasteiger partial charge in [0.25, 0.3) is 0 Å². The van der Waals surface area contributed by atoms with Crippen LogP contribution in [0, 0.1) is 0 Å². The van der Waals surface area contributed by atoms with Gasteiger partial charge in [0.1, 0.15) is 11.3 Å². The molecule has 6 heteroatoms. The SMILES string of the molecule is c1ccc(-c2[nH]ncc2-c2nc3c(cnn3-c3ccccc3)[nH]2)cc1. The maximum atomic E-state index is 4.76. The van der Waals surface area contributed by atoms with Crippen LogP contribution in [0.2, 0.25) is 0 Å². The average molecular weight is 326 g/mol. The first-order valence-electron chi connectivity index (χ1n) is 7.98. The molecule has 120 valence electrons. The predicted molar refractivity (Wildman–Crippen MR) is 96.2 cm³/mol.